The first-order valence-electron chi connectivity index (χ1n) is 6.91. The van der Waals surface area contributed by atoms with E-state index in [1.807, 2.05) is 35.0 Å². The molecule has 0 unspecified atom stereocenters. The van der Waals surface area contributed by atoms with Gasteiger partial charge in [-0.05, 0) is 22.9 Å². The van der Waals surface area contributed by atoms with Gasteiger partial charge in [0.15, 0.2) is 0 Å². The molecule has 0 bridgehead atoms. The van der Waals surface area contributed by atoms with Gasteiger partial charge in [0.2, 0.25) is 9.05 Å². The Morgan fingerprint density at radius 3 is 1.76 bits per heavy atom. The summed E-state index contributed by atoms with van der Waals surface area (Å²) in [6.45, 7) is 0.500. The first kappa shape index (κ1) is 24.5. The Morgan fingerprint density at radius 1 is 1.00 bits per heavy atom. The van der Waals surface area contributed by atoms with Crippen LogP contribution >= 0.6 is 33.4 Å². The Balaban J connectivity index is 0.000000382. The predicted octanol–water partition coefficient (Wildman–Crippen LogP) is 2.73. The Labute approximate surface area is 161 Å². The zero-order valence-electron chi connectivity index (χ0n) is 13.8. The van der Waals surface area contributed by atoms with Crippen LogP contribution in [0.25, 0.3) is 0 Å². The number of hydrogen-bond acceptors (Lipinski definition) is 8. The Morgan fingerprint density at radius 2 is 1.44 bits per heavy atom. The van der Waals surface area contributed by atoms with Gasteiger partial charge in [-0.25, -0.2) is 8.42 Å². The van der Waals surface area contributed by atoms with Crippen LogP contribution in [0.3, 0.4) is 0 Å². The quantitative estimate of drug-likeness (QED) is 0.539. The maximum atomic E-state index is 10.5. The number of halogens is 1. The minimum absolute atomic E-state index is 0.235. The molecule has 0 saturated carbocycles. The van der Waals surface area contributed by atoms with E-state index in [-0.39, 0.29) is 13.2 Å². The van der Waals surface area contributed by atoms with Gasteiger partial charge < -0.3 is 5.11 Å². The van der Waals surface area contributed by atoms with Gasteiger partial charge in [0.05, 0.1) is 19.1 Å². The van der Waals surface area contributed by atoms with Crippen LogP contribution in [0.5, 0.6) is 0 Å². The lowest BCUT2D eigenvalue weighted by molar-refractivity contribution is 0.300. The second kappa shape index (κ2) is 12.8. The van der Waals surface area contributed by atoms with Crippen LogP contribution < -0.4 is 0 Å². The number of aliphatic hydroxyl groups excluding tert-OH is 1. The molecule has 0 fully saturated rings. The van der Waals surface area contributed by atoms with Gasteiger partial charge in [0, 0.05) is 39.9 Å². The number of aliphatic hydroxyl groups is 1. The molecule has 0 aliphatic carbocycles. The molecular formula is C14H21ClO6S4. The van der Waals surface area contributed by atoms with Gasteiger partial charge in [-0.15, -0.1) is 22.7 Å². The highest BCUT2D eigenvalue weighted by Crippen LogP contribution is 2.09. The molecule has 0 spiro atoms. The van der Waals surface area contributed by atoms with Gasteiger partial charge in [-0.1, -0.05) is 12.1 Å². The van der Waals surface area contributed by atoms with Crippen molar-refractivity contribution in [3.05, 3.63) is 44.8 Å². The van der Waals surface area contributed by atoms with Gasteiger partial charge >= 0.3 is 0 Å². The molecule has 1 N–H and O–H groups in total. The normalized spacial score (nSPS) is 11.0. The summed E-state index contributed by atoms with van der Waals surface area (Å²) in [5.41, 5.74) is 0. The first-order chi connectivity index (χ1) is 11.5. The zero-order valence-corrected chi connectivity index (χ0v) is 17.8. The molecule has 6 nitrogen and oxygen atoms in total. The summed E-state index contributed by atoms with van der Waals surface area (Å²) in [5, 5.41) is 12.4. The van der Waals surface area contributed by atoms with Gasteiger partial charge in [-0.2, -0.15) is 8.42 Å². The highest BCUT2D eigenvalue weighted by Gasteiger charge is 2.01. The Bertz CT molecular complexity index is 744. The highest BCUT2D eigenvalue weighted by atomic mass is 35.7. The average molecular weight is 449 g/mol. The first-order valence-corrected chi connectivity index (χ1v) is 13.2. The van der Waals surface area contributed by atoms with E-state index in [9.17, 15) is 16.8 Å². The van der Waals surface area contributed by atoms with E-state index < -0.39 is 19.2 Å². The van der Waals surface area contributed by atoms with Crippen LogP contribution in [0.4, 0.5) is 0 Å². The molecule has 0 atom stereocenters. The molecule has 144 valence electrons. The Hall–Kier alpha value is -0.490. The lowest BCUT2D eigenvalue weighted by Crippen LogP contribution is -2.05. The predicted molar refractivity (Wildman–Crippen MR) is 105 cm³/mol. The van der Waals surface area contributed by atoms with Crippen LogP contribution in [-0.4, -0.2) is 47.7 Å². The highest BCUT2D eigenvalue weighted by molar-refractivity contribution is 8.13. The summed E-state index contributed by atoms with van der Waals surface area (Å²) in [6.07, 6.45) is 3.44. The maximum Gasteiger partial charge on any atom is 0.264 e. The van der Waals surface area contributed by atoms with Crippen molar-refractivity contribution in [2.24, 2.45) is 0 Å². The van der Waals surface area contributed by atoms with Gasteiger partial charge in [-0.3, -0.25) is 4.18 Å². The summed E-state index contributed by atoms with van der Waals surface area (Å²) in [7, 11) is -1.96. The monoisotopic (exact) mass is 448 g/mol. The molecule has 0 aromatic carbocycles. The fourth-order valence-corrected chi connectivity index (χ4v) is 3.09. The van der Waals surface area contributed by atoms with Crippen LogP contribution in [0, 0.1) is 0 Å². The van der Waals surface area contributed by atoms with E-state index in [0.717, 1.165) is 23.8 Å². The maximum absolute atomic E-state index is 10.5. The van der Waals surface area contributed by atoms with Crippen LogP contribution in [0.1, 0.15) is 9.75 Å². The second-order valence-corrected chi connectivity index (χ2v) is 11.3. The SMILES string of the molecule is CS(=O)(=O)Cl.CS(=O)(=O)OCCc1cccs1.OCCc1cccs1. The second-order valence-electron chi connectivity index (χ2n) is 4.59. The minimum Gasteiger partial charge on any atom is -0.396 e. The molecule has 0 radical (unpaired) electrons. The molecule has 11 heteroatoms. The standard InChI is InChI=1S/C7H10O3S2.C6H8OS.CH3ClO2S/c1-12(8,9)10-5-4-7-3-2-6-11-7;7-4-3-6-2-1-5-8-6;1-5(2,3)4/h2-3,6H,4-5H2,1H3;1-2,5,7H,3-4H2;1H3. The van der Waals surface area contributed by atoms with E-state index in [4.69, 9.17) is 5.11 Å². The fourth-order valence-electron chi connectivity index (χ4n) is 1.31. The van der Waals surface area contributed by atoms with E-state index >= 15 is 0 Å². The lowest BCUT2D eigenvalue weighted by Gasteiger charge is -1.97. The Kier molecular flexibility index (Phi) is 12.5. The topological polar surface area (TPSA) is 97.7 Å². The molecule has 2 aromatic rings. The van der Waals surface area contributed by atoms with Crippen molar-refractivity contribution in [3.8, 4) is 0 Å². The third-order valence-corrected chi connectivity index (χ3v) is 4.63. The molecular weight excluding hydrogens is 428 g/mol. The summed E-state index contributed by atoms with van der Waals surface area (Å²) in [5.74, 6) is 0. The summed E-state index contributed by atoms with van der Waals surface area (Å²) in [4.78, 5) is 2.39. The fraction of sp³-hybridized carbons (Fsp3) is 0.429. The van der Waals surface area contributed by atoms with Crippen molar-refractivity contribution >= 4 is 52.5 Å². The zero-order chi connectivity index (χ0) is 19.3. The summed E-state index contributed by atoms with van der Waals surface area (Å²) >= 11 is 3.29. The molecule has 0 amide bonds. The van der Waals surface area contributed by atoms with E-state index in [2.05, 4.69) is 14.9 Å². The molecule has 25 heavy (non-hydrogen) atoms. The van der Waals surface area contributed by atoms with Crippen molar-refractivity contribution in [3.63, 3.8) is 0 Å². The van der Waals surface area contributed by atoms with Crippen LogP contribution in [0.15, 0.2) is 35.0 Å². The van der Waals surface area contributed by atoms with Crippen molar-refractivity contribution < 1.29 is 26.1 Å². The molecule has 2 aromatic heterocycles. The van der Waals surface area contributed by atoms with Crippen molar-refractivity contribution in [1.82, 2.24) is 0 Å². The molecule has 2 rings (SSSR count). The molecule has 0 saturated heterocycles. The number of hydrogen-bond donors (Lipinski definition) is 1. The molecule has 0 aliphatic rings. The molecule has 2 heterocycles. The van der Waals surface area contributed by atoms with Crippen molar-refractivity contribution in [2.45, 2.75) is 12.8 Å². The van der Waals surface area contributed by atoms with Gasteiger partial charge in [0.1, 0.15) is 0 Å². The molecule has 0 aliphatic heterocycles. The van der Waals surface area contributed by atoms with Crippen LogP contribution in [-0.2, 0) is 36.2 Å². The van der Waals surface area contributed by atoms with Crippen LogP contribution in [0.2, 0.25) is 0 Å². The summed E-state index contributed by atoms with van der Waals surface area (Å²) < 4.78 is 44.5. The minimum atomic E-state index is -3.27. The van der Waals surface area contributed by atoms with E-state index in [1.54, 1.807) is 22.7 Å². The largest absolute Gasteiger partial charge is 0.396 e. The van der Waals surface area contributed by atoms with Crippen molar-refractivity contribution in [2.75, 3.05) is 25.7 Å². The average Bonchev–Trinajstić information content (AvgIpc) is 3.09. The third kappa shape index (κ3) is 19.7. The smallest absolute Gasteiger partial charge is 0.264 e. The van der Waals surface area contributed by atoms with Crippen molar-refractivity contribution in [1.29, 1.82) is 0 Å². The lowest BCUT2D eigenvalue weighted by atomic mass is 10.4. The third-order valence-electron chi connectivity index (χ3n) is 2.16. The van der Waals surface area contributed by atoms with E-state index in [0.29, 0.717) is 6.42 Å². The number of rotatable bonds is 6. The summed E-state index contributed by atoms with van der Waals surface area (Å²) in [6, 6.07) is 7.91. The van der Waals surface area contributed by atoms with Gasteiger partial charge in [0.25, 0.3) is 10.1 Å². The van der Waals surface area contributed by atoms with E-state index in [1.165, 1.54) is 4.88 Å². The number of thiophene rings is 2.